The topological polar surface area (TPSA) is 71.1 Å². The molecule has 0 radical (unpaired) electrons. The van der Waals surface area contributed by atoms with Crippen LogP contribution in [0.2, 0.25) is 0 Å². The molecule has 21 heavy (non-hydrogen) atoms. The standard InChI is InChI=1S/C14H25N3O4/c1-20-10-4-15-11-13(18)16-5-7-17(8-6-16)14(19)12-3-2-9-21-12/h12,15H,2-11H2,1H3. The second-order valence-corrected chi connectivity index (χ2v) is 5.38. The van der Waals surface area contributed by atoms with E-state index in [2.05, 4.69) is 5.32 Å². The minimum Gasteiger partial charge on any atom is -0.383 e. The third-order valence-corrected chi connectivity index (χ3v) is 3.91. The first kappa shape index (κ1) is 16.2. The predicted molar refractivity (Wildman–Crippen MR) is 76.9 cm³/mol. The van der Waals surface area contributed by atoms with E-state index in [4.69, 9.17) is 9.47 Å². The Morgan fingerprint density at radius 1 is 1.24 bits per heavy atom. The Morgan fingerprint density at radius 3 is 2.57 bits per heavy atom. The van der Waals surface area contributed by atoms with Gasteiger partial charge in [0.1, 0.15) is 6.10 Å². The van der Waals surface area contributed by atoms with Gasteiger partial charge in [0.25, 0.3) is 5.91 Å². The number of piperazine rings is 1. The molecule has 0 spiro atoms. The average Bonchev–Trinajstić information content (AvgIpc) is 3.05. The highest BCUT2D eigenvalue weighted by molar-refractivity contribution is 5.82. The van der Waals surface area contributed by atoms with Crippen molar-refractivity contribution in [2.75, 3.05) is 59.6 Å². The van der Waals surface area contributed by atoms with Crippen molar-refractivity contribution in [2.24, 2.45) is 0 Å². The predicted octanol–water partition coefficient (Wildman–Crippen LogP) is -0.928. The van der Waals surface area contributed by atoms with Gasteiger partial charge < -0.3 is 24.6 Å². The van der Waals surface area contributed by atoms with Crippen LogP contribution in [0, 0.1) is 0 Å². The molecule has 0 aromatic heterocycles. The Labute approximate surface area is 125 Å². The maximum absolute atomic E-state index is 12.2. The molecule has 0 aromatic rings. The number of nitrogens with zero attached hydrogens (tertiary/aromatic N) is 2. The zero-order chi connectivity index (χ0) is 15.1. The van der Waals surface area contributed by atoms with Crippen molar-refractivity contribution in [1.82, 2.24) is 15.1 Å². The molecule has 1 unspecified atom stereocenters. The molecule has 0 bridgehead atoms. The van der Waals surface area contributed by atoms with E-state index in [1.165, 1.54) is 0 Å². The zero-order valence-corrected chi connectivity index (χ0v) is 12.7. The number of carbonyl (C=O) groups excluding carboxylic acids is 2. The summed E-state index contributed by atoms with van der Waals surface area (Å²) in [6.45, 7) is 4.67. The summed E-state index contributed by atoms with van der Waals surface area (Å²) in [7, 11) is 1.63. The Kier molecular flexibility index (Phi) is 6.41. The molecule has 1 atom stereocenters. The molecule has 2 saturated heterocycles. The molecule has 7 heteroatoms. The smallest absolute Gasteiger partial charge is 0.251 e. The van der Waals surface area contributed by atoms with E-state index in [1.807, 2.05) is 4.90 Å². The van der Waals surface area contributed by atoms with Crippen molar-refractivity contribution < 1.29 is 19.1 Å². The van der Waals surface area contributed by atoms with Crippen molar-refractivity contribution >= 4 is 11.8 Å². The van der Waals surface area contributed by atoms with Crippen molar-refractivity contribution in [2.45, 2.75) is 18.9 Å². The lowest BCUT2D eigenvalue weighted by Gasteiger charge is -2.35. The summed E-state index contributed by atoms with van der Waals surface area (Å²) >= 11 is 0. The van der Waals surface area contributed by atoms with Gasteiger partial charge in [0.15, 0.2) is 0 Å². The Bertz CT molecular complexity index is 350. The maximum atomic E-state index is 12.2. The molecule has 1 N–H and O–H groups in total. The molecule has 7 nitrogen and oxygen atoms in total. The minimum atomic E-state index is -0.261. The van der Waals surface area contributed by atoms with E-state index in [9.17, 15) is 9.59 Å². The van der Waals surface area contributed by atoms with Gasteiger partial charge in [-0.15, -0.1) is 0 Å². The van der Waals surface area contributed by atoms with Gasteiger partial charge in [-0.3, -0.25) is 9.59 Å². The van der Waals surface area contributed by atoms with Gasteiger partial charge in [0.2, 0.25) is 5.91 Å². The lowest BCUT2D eigenvalue weighted by Crippen LogP contribution is -2.54. The molecule has 2 aliphatic heterocycles. The average molecular weight is 299 g/mol. The van der Waals surface area contributed by atoms with Crippen molar-refractivity contribution in [3.05, 3.63) is 0 Å². The molecule has 2 rings (SSSR count). The molecule has 2 heterocycles. The first-order valence-electron chi connectivity index (χ1n) is 7.60. The fourth-order valence-corrected chi connectivity index (χ4v) is 2.63. The van der Waals surface area contributed by atoms with Crippen LogP contribution in [0.4, 0.5) is 0 Å². The van der Waals surface area contributed by atoms with Gasteiger partial charge in [-0.2, -0.15) is 0 Å². The zero-order valence-electron chi connectivity index (χ0n) is 12.7. The molecular formula is C14H25N3O4. The highest BCUT2D eigenvalue weighted by atomic mass is 16.5. The monoisotopic (exact) mass is 299 g/mol. The van der Waals surface area contributed by atoms with E-state index in [0.717, 1.165) is 12.8 Å². The Morgan fingerprint density at radius 2 is 1.95 bits per heavy atom. The van der Waals surface area contributed by atoms with Gasteiger partial charge in [-0.25, -0.2) is 0 Å². The second-order valence-electron chi connectivity index (χ2n) is 5.38. The number of carbonyl (C=O) groups is 2. The Hall–Kier alpha value is -1.18. The molecule has 2 amide bonds. The fourth-order valence-electron chi connectivity index (χ4n) is 2.63. The fraction of sp³-hybridized carbons (Fsp3) is 0.857. The SMILES string of the molecule is COCCNCC(=O)N1CCN(C(=O)C2CCCO2)CC1. The van der Waals surface area contributed by atoms with E-state index >= 15 is 0 Å². The first-order valence-corrected chi connectivity index (χ1v) is 7.60. The lowest BCUT2D eigenvalue weighted by molar-refractivity contribution is -0.145. The Balaban J connectivity index is 1.67. The molecule has 0 aromatic carbocycles. The van der Waals surface area contributed by atoms with Crippen LogP contribution in [0.1, 0.15) is 12.8 Å². The first-order chi connectivity index (χ1) is 10.2. The number of hydrogen-bond acceptors (Lipinski definition) is 5. The minimum absolute atomic E-state index is 0.0790. The number of methoxy groups -OCH3 is 1. The summed E-state index contributed by atoms with van der Waals surface area (Å²) in [5.41, 5.74) is 0. The van der Waals surface area contributed by atoms with Crippen LogP contribution in [0.25, 0.3) is 0 Å². The van der Waals surface area contributed by atoms with E-state index in [-0.39, 0.29) is 17.9 Å². The molecular weight excluding hydrogens is 274 g/mol. The van der Waals surface area contributed by atoms with E-state index in [1.54, 1.807) is 12.0 Å². The summed E-state index contributed by atoms with van der Waals surface area (Å²) in [5, 5.41) is 3.05. The normalized spacial score (nSPS) is 22.6. The van der Waals surface area contributed by atoms with Crippen molar-refractivity contribution in [1.29, 1.82) is 0 Å². The van der Waals surface area contributed by atoms with Crippen LogP contribution in [0.3, 0.4) is 0 Å². The maximum Gasteiger partial charge on any atom is 0.251 e. The molecule has 2 fully saturated rings. The van der Waals surface area contributed by atoms with E-state index in [0.29, 0.717) is 52.5 Å². The van der Waals surface area contributed by atoms with E-state index < -0.39 is 0 Å². The number of nitrogens with one attached hydrogen (secondary N) is 1. The van der Waals surface area contributed by atoms with Gasteiger partial charge in [0, 0.05) is 46.4 Å². The van der Waals surface area contributed by atoms with Gasteiger partial charge >= 0.3 is 0 Å². The third kappa shape index (κ3) is 4.66. The summed E-state index contributed by atoms with van der Waals surface area (Å²) in [6, 6.07) is 0. The van der Waals surface area contributed by atoms with Gasteiger partial charge in [0.05, 0.1) is 13.2 Å². The van der Waals surface area contributed by atoms with Crippen LogP contribution in [0.15, 0.2) is 0 Å². The quantitative estimate of drug-likeness (QED) is 0.642. The number of rotatable bonds is 6. The van der Waals surface area contributed by atoms with Gasteiger partial charge in [-0.05, 0) is 12.8 Å². The lowest BCUT2D eigenvalue weighted by atomic mass is 10.2. The van der Waals surface area contributed by atoms with Crippen LogP contribution in [-0.4, -0.2) is 87.3 Å². The van der Waals surface area contributed by atoms with Crippen LogP contribution in [-0.2, 0) is 19.1 Å². The van der Waals surface area contributed by atoms with Crippen molar-refractivity contribution in [3.8, 4) is 0 Å². The number of amides is 2. The largest absolute Gasteiger partial charge is 0.383 e. The number of hydrogen-bond donors (Lipinski definition) is 1. The van der Waals surface area contributed by atoms with Crippen molar-refractivity contribution in [3.63, 3.8) is 0 Å². The summed E-state index contributed by atoms with van der Waals surface area (Å²) in [4.78, 5) is 27.8. The summed E-state index contributed by atoms with van der Waals surface area (Å²) < 4.78 is 10.3. The highest BCUT2D eigenvalue weighted by Crippen LogP contribution is 2.15. The number of ether oxygens (including phenoxy) is 2. The van der Waals surface area contributed by atoms with Crippen LogP contribution < -0.4 is 5.32 Å². The second kappa shape index (κ2) is 8.31. The van der Waals surface area contributed by atoms with Gasteiger partial charge in [-0.1, -0.05) is 0 Å². The third-order valence-electron chi connectivity index (χ3n) is 3.91. The van der Waals surface area contributed by atoms with Crippen LogP contribution >= 0.6 is 0 Å². The molecule has 120 valence electrons. The summed E-state index contributed by atoms with van der Waals surface area (Å²) in [5.74, 6) is 0.160. The molecule has 0 aliphatic carbocycles. The molecule has 2 aliphatic rings. The summed E-state index contributed by atoms with van der Waals surface area (Å²) in [6.07, 6.45) is 1.52. The molecule has 0 saturated carbocycles. The highest BCUT2D eigenvalue weighted by Gasteiger charge is 2.31. The van der Waals surface area contributed by atoms with Crippen LogP contribution in [0.5, 0.6) is 0 Å².